The van der Waals surface area contributed by atoms with Gasteiger partial charge in [0.1, 0.15) is 5.82 Å². The molecular weight excluding hydrogens is 470 g/mol. The van der Waals surface area contributed by atoms with E-state index in [2.05, 4.69) is 60.9 Å². The van der Waals surface area contributed by atoms with Gasteiger partial charge in [-0.3, -0.25) is 4.79 Å². The van der Waals surface area contributed by atoms with E-state index in [9.17, 15) is 4.79 Å². The first-order valence-corrected chi connectivity index (χ1v) is 10.4. The molecule has 0 saturated carbocycles. The zero-order valence-electron chi connectivity index (χ0n) is 14.0. The van der Waals surface area contributed by atoms with Crippen LogP contribution in [0.2, 0.25) is 0 Å². The van der Waals surface area contributed by atoms with Gasteiger partial charge in [-0.15, -0.1) is 11.3 Å². The van der Waals surface area contributed by atoms with Crippen LogP contribution in [0.1, 0.15) is 29.1 Å². The number of carbonyl (C=O) groups is 1. The van der Waals surface area contributed by atoms with Crippen molar-refractivity contribution in [3.8, 4) is 0 Å². The number of pyridine rings is 1. The highest BCUT2D eigenvalue weighted by molar-refractivity contribution is 9.13. The third-order valence-electron chi connectivity index (χ3n) is 3.87. The number of morpholine rings is 1. The number of halogens is 2. The Morgan fingerprint density at radius 2 is 2.08 bits per heavy atom. The van der Waals surface area contributed by atoms with Crippen LogP contribution in [0.5, 0.6) is 0 Å². The maximum Gasteiger partial charge on any atom is 0.261 e. The van der Waals surface area contributed by atoms with Gasteiger partial charge in [-0.2, -0.15) is 0 Å². The Labute approximate surface area is 168 Å². The first-order valence-electron chi connectivity index (χ1n) is 8.00. The highest BCUT2D eigenvalue weighted by Gasteiger charge is 2.23. The molecule has 3 heterocycles. The number of hydrogen-bond donors (Lipinski definition) is 1. The predicted molar refractivity (Wildman–Crippen MR) is 107 cm³/mol. The highest BCUT2D eigenvalue weighted by atomic mass is 79.9. The van der Waals surface area contributed by atoms with Crippen LogP contribution >= 0.6 is 43.2 Å². The number of rotatable bonds is 4. The molecule has 1 fully saturated rings. The van der Waals surface area contributed by atoms with Gasteiger partial charge in [0, 0.05) is 30.3 Å². The molecular formula is C17H19Br2N3O2S. The van der Waals surface area contributed by atoms with Crippen molar-refractivity contribution < 1.29 is 9.53 Å². The Kier molecular flexibility index (Phi) is 6.14. The van der Waals surface area contributed by atoms with Crippen LogP contribution in [0.4, 0.5) is 5.82 Å². The maximum atomic E-state index is 12.2. The second kappa shape index (κ2) is 8.16. The van der Waals surface area contributed by atoms with E-state index in [4.69, 9.17) is 4.74 Å². The largest absolute Gasteiger partial charge is 0.372 e. The Hall–Kier alpha value is -0.960. The molecule has 8 heteroatoms. The fourth-order valence-electron chi connectivity index (χ4n) is 2.80. The van der Waals surface area contributed by atoms with Crippen LogP contribution in [-0.4, -0.2) is 36.2 Å². The molecule has 2 aromatic rings. The van der Waals surface area contributed by atoms with Crippen molar-refractivity contribution in [2.75, 3.05) is 18.0 Å². The van der Waals surface area contributed by atoms with Gasteiger partial charge >= 0.3 is 0 Å². The normalized spacial score (nSPS) is 20.6. The van der Waals surface area contributed by atoms with Gasteiger partial charge in [-0.25, -0.2) is 4.98 Å². The summed E-state index contributed by atoms with van der Waals surface area (Å²) in [6.45, 7) is 6.29. The van der Waals surface area contributed by atoms with E-state index in [0.717, 1.165) is 32.7 Å². The fourth-order valence-corrected chi connectivity index (χ4v) is 4.75. The van der Waals surface area contributed by atoms with Crippen LogP contribution in [0, 0.1) is 0 Å². The van der Waals surface area contributed by atoms with E-state index in [1.807, 2.05) is 24.4 Å². The molecule has 1 aliphatic heterocycles. The SMILES string of the molecule is CC1CN(c2ccc(CNC(=O)c3cc(Br)c(Br)s3)cn2)CC(C)O1. The molecule has 1 amide bonds. The third kappa shape index (κ3) is 4.81. The van der Waals surface area contributed by atoms with Crippen molar-refractivity contribution in [1.82, 2.24) is 10.3 Å². The van der Waals surface area contributed by atoms with Gasteiger partial charge in [-0.1, -0.05) is 6.07 Å². The van der Waals surface area contributed by atoms with E-state index in [0.29, 0.717) is 11.4 Å². The summed E-state index contributed by atoms with van der Waals surface area (Å²) in [5, 5.41) is 2.93. The van der Waals surface area contributed by atoms with Gasteiger partial charge in [-0.05, 0) is 63.4 Å². The van der Waals surface area contributed by atoms with E-state index >= 15 is 0 Å². The Bertz CT molecular complexity index is 721. The predicted octanol–water partition coefficient (Wildman–Crippen LogP) is 4.21. The molecule has 1 aliphatic rings. The topological polar surface area (TPSA) is 54.5 Å². The molecule has 0 aromatic carbocycles. The molecule has 0 aliphatic carbocycles. The summed E-state index contributed by atoms with van der Waals surface area (Å²) in [7, 11) is 0. The number of nitrogens with one attached hydrogen (secondary N) is 1. The zero-order chi connectivity index (χ0) is 18.0. The third-order valence-corrected chi connectivity index (χ3v) is 7.13. The van der Waals surface area contributed by atoms with Crippen molar-refractivity contribution in [2.45, 2.75) is 32.6 Å². The van der Waals surface area contributed by atoms with E-state index < -0.39 is 0 Å². The molecule has 3 rings (SSSR count). The van der Waals surface area contributed by atoms with Crippen molar-refractivity contribution in [3.05, 3.63) is 43.1 Å². The van der Waals surface area contributed by atoms with E-state index in [-0.39, 0.29) is 18.1 Å². The summed E-state index contributed by atoms with van der Waals surface area (Å²) >= 11 is 8.20. The lowest BCUT2D eigenvalue weighted by atomic mass is 10.2. The molecule has 0 spiro atoms. The smallest absolute Gasteiger partial charge is 0.261 e. The number of amides is 1. The Morgan fingerprint density at radius 1 is 1.36 bits per heavy atom. The second-order valence-corrected chi connectivity index (χ2v) is 9.33. The van der Waals surface area contributed by atoms with Gasteiger partial charge in [0.05, 0.1) is 20.9 Å². The summed E-state index contributed by atoms with van der Waals surface area (Å²) in [5.74, 6) is 0.861. The molecule has 0 bridgehead atoms. The fraction of sp³-hybridized carbons (Fsp3) is 0.412. The monoisotopic (exact) mass is 487 g/mol. The minimum Gasteiger partial charge on any atom is -0.372 e. The number of carbonyl (C=O) groups excluding carboxylic acids is 1. The zero-order valence-corrected chi connectivity index (χ0v) is 17.9. The van der Waals surface area contributed by atoms with Crippen LogP contribution in [-0.2, 0) is 11.3 Å². The summed E-state index contributed by atoms with van der Waals surface area (Å²) in [6.07, 6.45) is 2.23. The molecule has 2 atom stereocenters. The van der Waals surface area contributed by atoms with Gasteiger partial charge < -0.3 is 15.0 Å². The molecule has 1 saturated heterocycles. The molecule has 1 N–H and O–H groups in total. The second-order valence-electron chi connectivity index (χ2n) is 6.10. The minimum atomic E-state index is -0.0868. The van der Waals surface area contributed by atoms with Crippen LogP contribution in [0.25, 0.3) is 0 Å². The molecule has 25 heavy (non-hydrogen) atoms. The lowest BCUT2D eigenvalue weighted by Crippen LogP contribution is -2.45. The number of aromatic nitrogens is 1. The van der Waals surface area contributed by atoms with Crippen molar-refractivity contribution >= 4 is 54.9 Å². The number of anilines is 1. The van der Waals surface area contributed by atoms with Crippen molar-refractivity contribution in [3.63, 3.8) is 0 Å². The lowest BCUT2D eigenvalue weighted by Gasteiger charge is -2.36. The number of thiophene rings is 1. The number of hydrogen-bond acceptors (Lipinski definition) is 5. The van der Waals surface area contributed by atoms with Crippen molar-refractivity contribution in [2.24, 2.45) is 0 Å². The van der Waals surface area contributed by atoms with Crippen molar-refractivity contribution in [1.29, 1.82) is 0 Å². The number of ether oxygens (including phenoxy) is 1. The molecule has 2 aromatic heterocycles. The highest BCUT2D eigenvalue weighted by Crippen LogP contribution is 2.32. The van der Waals surface area contributed by atoms with Gasteiger partial charge in [0.2, 0.25) is 0 Å². The molecule has 134 valence electrons. The average Bonchev–Trinajstić information content (AvgIpc) is 2.91. The van der Waals surface area contributed by atoms with Gasteiger partial charge in [0.25, 0.3) is 5.91 Å². The summed E-state index contributed by atoms with van der Waals surface area (Å²) in [6, 6.07) is 5.82. The number of nitrogens with zero attached hydrogens (tertiary/aromatic N) is 2. The summed E-state index contributed by atoms with van der Waals surface area (Å²) in [4.78, 5) is 19.6. The minimum absolute atomic E-state index is 0.0868. The average molecular weight is 489 g/mol. The van der Waals surface area contributed by atoms with Crippen LogP contribution < -0.4 is 10.2 Å². The maximum absolute atomic E-state index is 12.2. The molecule has 0 radical (unpaired) electrons. The first-order chi connectivity index (χ1) is 11.9. The quantitative estimate of drug-likeness (QED) is 0.700. The van der Waals surface area contributed by atoms with E-state index in [1.54, 1.807) is 0 Å². The standard InChI is InChI=1S/C17H19Br2N3O2S/c1-10-8-22(9-11(2)24-10)15-4-3-12(6-20-15)7-21-17(23)14-5-13(18)16(19)25-14/h3-6,10-11H,7-9H2,1-2H3,(H,21,23). The molecule has 2 unspecified atom stereocenters. The Morgan fingerprint density at radius 3 is 2.64 bits per heavy atom. The van der Waals surface area contributed by atoms with Crippen LogP contribution in [0.15, 0.2) is 32.7 Å². The van der Waals surface area contributed by atoms with Gasteiger partial charge in [0.15, 0.2) is 0 Å². The molecule has 5 nitrogen and oxygen atoms in total. The Balaban J connectivity index is 1.58. The summed E-state index contributed by atoms with van der Waals surface area (Å²) < 4.78 is 7.56. The van der Waals surface area contributed by atoms with E-state index in [1.165, 1.54) is 11.3 Å². The first kappa shape index (κ1) is 18.8. The summed E-state index contributed by atoms with van der Waals surface area (Å²) in [5.41, 5.74) is 0.973. The van der Waals surface area contributed by atoms with Crippen LogP contribution in [0.3, 0.4) is 0 Å². The lowest BCUT2D eigenvalue weighted by molar-refractivity contribution is -0.00546.